The van der Waals surface area contributed by atoms with E-state index >= 15 is 0 Å². The zero-order valence-corrected chi connectivity index (χ0v) is 46.5. The number of unbranched alkanes of at least 4 members (excludes halogenated alkanes) is 26. The lowest BCUT2D eigenvalue weighted by Crippen LogP contribution is -2.30. The average molecular weight is 988 g/mol. The van der Waals surface area contributed by atoms with Gasteiger partial charge in [-0.1, -0.05) is 240 Å². The number of rotatable bonds is 53. The third-order valence-corrected chi connectivity index (χ3v) is 12.5. The van der Waals surface area contributed by atoms with Crippen LogP contribution < -0.4 is 0 Å². The van der Waals surface area contributed by atoms with Gasteiger partial charge in [-0.05, 0) is 116 Å². The van der Waals surface area contributed by atoms with E-state index in [-0.39, 0.29) is 37.5 Å². The minimum Gasteiger partial charge on any atom is -0.462 e. The number of ether oxygens (including phenoxy) is 3. The summed E-state index contributed by atoms with van der Waals surface area (Å²) in [6, 6.07) is 0. The number of allylic oxidation sites excluding steroid dienone is 16. The van der Waals surface area contributed by atoms with Crippen molar-refractivity contribution in [1.29, 1.82) is 0 Å². The Kier molecular flexibility index (Phi) is 55.9. The van der Waals surface area contributed by atoms with Crippen LogP contribution in [0, 0.1) is 0 Å². The summed E-state index contributed by atoms with van der Waals surface area (Å²) in [6.45, 7) is 6.45. The molecule has 0 spiro atoms. The Balaban J connectivity index is 4.47. The van der Waals surface area contributed by atoms with Crippen molar-refractivity contribution in [2.24, 2.45) is 0 Å². The Labute approximate surface area is 438 Å². The molecule has 0 saturated carbocycles. The molecule has 1 atom stereocenters. The maximum absolute atomic E-state index is 12.8. The number of carbonyl (C=O) groups excluding carboxylic acids is 3. The Bertz CT molecular complexity index is 1410. The molecule has 0 aromatic carbocycles. The van der Waals surface area contributed by atoms with E-state index in [1.165, 1.54) is 148 Å². The standard InChI is InChI=1S/C65H110O6/c1-4-7-10-13-16-19-22-25-28-30-31-32-33-35-37-40-43-46-49-52-55-58-64(67)70-61-62(60-69-63(66)57-54-51-48-45-42-39-36-27-24-21-18-15-12-9-6-3)71-65(68)59-56-53-50-47-44-41-38-34-29-26-23-20-17-14-11-8-5-2/h9,12,18,21,25-29,36,38,41-42,45,47,50,62H,4-8,10-11,13-17,19-20,22-24,30-35,37,39-40,43-44,46,48-49,51-61H2,1-3H3/b12-9-,21-18-,28-25-,29-26-,36-27-,41-38-,45-42-,50-47-/t62-/m1/s1. The van der Waals surface area contributed by atoms with Crippen molar-refractivity contribution < 1.29 is 28.6 Å². The van der Waals surface area contributed by atoms with Gasteiger partial charge in [0.15, 0.2) is 6.10 Å². The average Bonchev–Trinajstić information content (AvgIpc) is 3.37. The molecule has 0 aliphatic carbocycles. The number of esters is 3. The predicted octanol–water partition coefficient (Wildman–Crippen LogP) is 20.1. The summed E-state index contributed by atoms with van der Waals surface area (Å²) in [5, 5.41) is 0. The van der Waals surface area contributed by atoms with Gasteiger partial charge in [0.1, 0.15) is 13.2 Å². The summed E-state index contributed by atoms with van der Waals surface area (Å²) in [5.41, 5.74) is 0. The Morgan fingerprint density at radius 3 is 0.944 bits per heavy atom. The second kappa shape index (κ2) is 58.9. The van der Waals surface area contributed by atoms with E-state index in [0.717, 1.165) is 77.0 Å². The van der Waals surface area contributed by atoms with Crippen molar-refractivity contribution in [1.82, 2.24) is 0 Å². The van der Waals surface area contributed by atoms with Gasteiger partial charge >= 0.3 is 17.9 Å². The van der Waals surface area contributed by atoms with Crippen LogP contribution >= 0.6 is 0 Å². The maximum Gasteiger partial charge on any atom is 0.306 e. The van der Waals surface area contributed by atoms with Crippen LogP contribution in [0.4, 0.5) is 0 Å². The van der Waals surface area contributed by atoms with E-state index in [1.54, 1.807) is 0 Å². The second-order valence-corrected chi connectivity index (χ2v) is 19.5. The highest BCUT2D eigenvalue weighted by Gasteiger charge is 2.19. The van der Waals surface area contributed by atoms with Crippen LogP contribution in [-0.2, 0) is 28.6 Å². The van der Waals surface area contributed by atoms with Crippen LogP contribution in [0.25, 0.3) is 0 Å². The fourth-order valence-electron chi connectivity index (χ4n) is 8.09. The largest absolute Gasteiger partial charge is 0.462 e. The monoisotopic (exact) mass is 987 g/mol. The highest BCUT2D eigenvalue weighted by Crippen LogP contribution is 2.15. The van der Waals surface area contributed by atoms with Crippen molar-refractivity contribution in [2.75, 3.05) is 13.2 Å². The molecule has 0 saturated heterocycles. The van der Waals surface area contributed by atoms with Crippen LogP contribution in [0.2, 0.25) is 0 Å². The first kappa shape index (κ1) is 67.3. The van der Waals surface area contributed by atoms with E-state index < -0.39 is 6.10 Å². The number of hydrogen-bond donors (Lipinski definition) is 0. The van der Waals surface area contributed by atoms with Crippen LogP contribution in [-0.4, -0.2) is 37.2 Å². The van der Waals surface area contributed by atoms with Gasteiger partial charge in [0.25, 0.3) is 0 Å². The lowest BCUT2D eigenvalue weighted by molar-refractivity contribution is -0.167. The molecule has 0 unspecified atom stereocenters. The molecule has 0 fully saturated rings. The fraction of sp³-hybridized carbons (Fsp3) is 0.708. The molecular formula is C65H110O6. The third-order valence-electron chi connectivity index (χ3n) is 12.5. The molecule has 0 aliphatic rings. The van der Waals surface area contributed by atoms with Crippen LogP contribution in [0.5, 0.6) is 0 Å². The molecule has 0 aromatic heterocycles. The lowest BCUT2D eigenvalue weighted by Gasteiger charge is -2.18. The number of hydrogen-bond acceptors (Lipinski definition) is 6. The fourth-order valence-corrected chi connectivity index (χ4v) is 8.09. The maximum atomic E-state index is 12.8. The summed E-state index contributed by atoms with van der Waals surface area (Å²) in [5.74, 6) is -1.00. The zero-order chi connectivity index (χ0) is 51.4. The van der Waals surface area contributed by atoms with Gasteiger partial charge in [-0.3, -0.25) is 14.4 Å². The normalized spacial score (nSPS) is 12.8. The minimum absolute atomic E-state index is 0.111. The van der Waals surface area contributed by atoms with Crippen molar-refractivity contribution in [3.63, 3.8) is 0 Å². The molecule has 406 valence electrons. The summed E-state index contributed by atoms with van der Waals surface area (Å²) in [7, 11) is 0. The molecular weight excluding hydrogens is 877 g/mol. The quantitative estimate of drug-likeness (QED) is 0.0261. The van der Waals surface area contributed by atoms with Crippen molar-refractivity contribution in [2.45, 2.75) is 284 Å². The molecule has 0 aliphatic heterocycles. The first-order valence-corrected chi connectivity index (χ1v) is 29.7. The molecule has 0 heterocycles. The van der Waals surface area contributed by atoms with E-state index in [4.69, 9.17) is 14.2 Å². The molecule has 0 rings (SSSR count). The van der Waals surface area contributed by atoms with Gasteiger partial charge in [0.2, 0.25) is 0 Å². The van der Waals surface area contributed by atoms with Crippen LogP contribution in [0.15, 0.2) is 97.2 Å². The van der Waals surface area contributed by atoms with Crippen molar-refractivity contribution in [3.8, 4) is 0 Å². The highest BCUT2D eigenvalue weighted by molar-refractivity contribution is 5.71. The van der Waals surface area contributed by atoms with Gasteiger partial charge in [-0.25, -0.2) is 0 Å². The van der Waals surface area contributed by atoms with Gasteiger partial charge < -0.3 is 14.2 Å². The van der Waals surface area contributed by atoms with Crippen molar-refractivity contribution in [3.05, 3.63) is 97.2 Å². The van der Waals surface area contributed by atoms with Gasteiger partial charge in [0, 0.05) is 19.3 Å². The lowest BCUT2D eigenvalue weighted by atomic mass is 10.0. The summed E-state index contributed by atoms with van der Waals surface area (Å²) < 4.78 is 16.8. The van der Waals surface area contributed by atoms with E-state index in [0.29, 0.717) is 25.7 Å². The van der Waals surface area contributed by atoms with Crippen LogP contribution in [0.3, 0.4) is 0 Å². The van der Waals surface area contributed by atoms with E-state index in [2.05, 4.69) is 118 Å². The molecule has 6 nitrogen and oxygen atoms in total. The Morgan fingerprint density at radius 2 is 0.563 bits per heavy atom. The summed E-state index contributed by atoms with van der Waals surface area (Å²) in [4.78, 5) is 38.2. The second-order valence-electron chi connectivity index (χ2n) is 19.5. The molecule has 0 radical (unpaired) electrons. The molecule has 0 aromatic rings. The zero-order valence-electron chi connectivity index (χ0n) is 46.5. The smallest absolute Gasteiger partial charge is 0.306 e. The van der Waals surface area contributed by atoms with Gasteiger partial charge in [-0.2, -0.15) is 0 Å². The molecule has 0 bridgehead atoms. The Morgan fingerprint density at radius 1 is 0.296 bits per heavy atom. The molecule has 0 N–H and O–H groups in total. The topological polar surface area (TPSA) is 78.9 Å². The minimum atomic E-state index is -0.822. The van der Waals surface area contributed by atoms with Gasteiger partial charge in [0.05, 0.1) is 0 Å². The Hall–Kier alpha value is -3.67. The SMILES string of the molecule is CC/C=C\C/C=C\C/C=C\C/C=C\CCCCC(=O)OC[C@H](COC(=O)CCCCCCCCCCCCC/C=C\CCCCCCCC)OC(=O)CCC/C=C\C/C=C\C/C=C\CCCCCCCC. The van der Waals surface area contributed by atoms with Crippen LogP contribution in [0.1, 0.15) is 278 Å². The molecule has 71 heavy (non-hydrogen) atoms. The molecule has 6 heteroatoms. The summed E-state index contributed by atoms with van der Waals surface area (Å²) in [6.07, 6.45) is 78.4. The first-order chi connectivity index (χ1) is 35.0. The van der Waals surface area contributed by atoms with E-state index in [1.807, 2.05) is 0 Å². The van der Waals surface area contributed by atoms with E-state index in [9.17, 15) is 14.4 Å². The summed E-state index contributed by atoms with van der Waals surface area (Å²) >= 11 is 0. The third kappa shape index (κ3) is 57.1. The first-order valence-electron chi connectivity index (χ1n) is 29.7. The molecule has 0 amide bonds. The number of carbonyl (C=O) groups is 3. The predicted molar refractivity (Wildman–Crippen MR) is 307 cm³/mol. The highest BCUT2D eigenvalue weighted by atomic mass is 16.6. The van der Waals surface area contributed by atoms with Crippen molar-refractivity contribution >= 4 is 17.9 Å². The van der Waals surface area contributed by atoms with Gasteiger partial charge in [-0.15, -0.1) is 0 Å².